The number of nitrogens with one attached hydrogen (secondary N) is 1. The highest BCUT2D eigenvalue weighted by molar-refractivity contribution is 7.89. The van der Waals surface area contributed by atoms with Crippen molar-refractivity contribution >= 4 is 10.0 Å². The van der Waals surface area contributed by atoms with Gasteiger partial charge >= 0.3 is 0 Å². The van der Waals surface area contributed by atoms with Crippen molar-refractivity contribution in [3.8, 4) is 0 Å². The molecule has 1 aromatic rings. The summed E-state index contributed by atoms with van der Waals surface area (Å²) in [6, 6.07) is -0.0443. The lowest BCUT2D eigenvalue weighted by molar-refractivity contribution is 0.473. The lowest BCUT2D eigenvalue weighted by Gasteiger charge is -2.11. The van der Waals surface area contributed by atoms with Crippen molar-refractivity contribution in [2.45, 2.75) is 45.3 Å². The zero-order valence-corrected chi connectivity index (χ0v) is 12.2. The van der Waals surface area contributed by atoms with Crippen LogP contribution in [0.3, 0.4) is 0 Å². The van der Waals surface area contributed by atoms with Crippen LogP contribution in [0.1, 0.15) is 39.3 Å². The largest absolute Gasteiger partial charge is 0.312 e. The van der Waals surface area contributed by atoms with Crippen LogP contribution in [0.15, 0.2) is 11.2 Å². The Morgan fingerprint density at radius 2 is 2.00 bits per heavy atom. The maximum atomic E-state index is 11.6. The highest BCUT2D eigenvalue weighted by Gasteiger charge is 2.22. The first-order chi connectivity index (χ1) is 8.23. The summed E-state index contributed by atoms with van der Waals surface area (Å²) < 4.78 is 24.7. The van der Waals surface area contributed by atoms with Gasteiger partial charge in [0.25, 0.3) is 10.0 Å². The van der Waals surface area contributed by atoms with Crippen LogP contribution in [0.4, 0.5) is 0 Å². The molecule has 0 amide bonds. The Morgan fingerprint density at radius 1 is 1.39 bits per heavy atom. The summed E-state index contributed by atoms with van der Waals surface area (Å²) in [5.41, 5.74) is 0.617. The van der Waals surface area contributed by atoms with Crippen molar-refractivity contribution < 1.29 is 8.42 Å². The molecule has 0 saturated carbocycles. The second-order valence-corrected chi connectivity index (χ2v) is 6.56. The molecule has 0 saturated heterocycles. The summed E-state index contributed by atoms with van der Waals surface area (Å²) in [4.78, 5) is 0. The minimum atomic E-state index is -3.76. The Kier molecular flexibility index (Phi) is 4.89. The van der Waals surface area contributed by atoms with Gasteiger partial charge in [0.1, 0.15) is 0 Å². The fraction of sp³-hybridized carbons (Fsp3) is 0.727. The van der Waals surface area contributed by atoms with E-state index in [0.717, 1.165) is 6.54 Å². The first-order valence-electron chi connectivity index (χ1n) is 6.03. The molecular weight excluding hydrogens is 252 g/mol. The van der Waals surface area contributed by atoms with Gasteiger partial charge in [-0.25, -0.2) is 13.6 Å². The quantitative estimate of drug-likeness (QED) is 0.805. The first-order valence-corrected chi connectivity index (χ1v) is 7.58. The number of sulfonamides is 1. The zero-order chi connectivity index (χ0) is 13.9. The Balaban J connectivity index is 2.99. The van der Waals surface area contributed by atoms with Crippen LogP contribution in [-0.4, -0.2) is 24.7 Å². The minimum Gasteiger partial charge on any atom is -0.312 e. The molecule has 1 heterocycles. The second kappa shape index (κ2) is 5.81. The van der Waals surface area contributed by atoms with Crippen molar-refractivity contribution in [3.63, 3.8) is 0 Å². The summed E-state index contributed by atoms with van der Waals surface area (Å²) in [5.74, 6) is 0.503. The Bertz CT molecular complexity index is 491. The van der Waals surface area contributed by atoms with Gasteiger partial charge in [-0.15, -0.1) is 0 Å². The number of hydrogen-bond donors (Lipinski definition) is 2. The van der Waals surface area contributed by atoms with Gasteiger partial charge in [0.15, 0.2) is 5.03 Å². The van der Waals surface area contributed by atoms with Crippen molar-refractivity contribution in [2.24, 2.45) is 11.1 Å². The number of aromatic nitrogens is 2. The maximum absolute atomic E-state index is 11.6. The van der Waals surface area contributed by atoms with E-state index >= 15 is 0 Å². The normalized spacial score (nSPS) is 12.6. The van der Waals surface area contributed by atoms with Gasteiger partial charge in [0.2, 0.25) is 0 Å². The number of nitrogens with two attached hydrogens (primary N) is 1. The van der Waals surface area contributed by atoms with Crippen molar-refractivity contribution in [3.05, 3.63) is 11.8 Å². The van der Waals surface area contributed by atoms with Gasteiger partial charge in [-0.05, 0) is 26.3 Å². The standard InChI is InChI=1S/C11H22N4O2S/c1-8(2)5-13-6-10-7-14-15(9(3)4)11(10)18(12,16)17/h7-9,13H,5-6H2,1-4H3,(H2,12,16,17). The molecule has 0 spiro atoms. The molecule has 0 bridgehead atoms. The van der Waals surface area contributed by atoms with Crippen LogP contribution in [0, 0.1) is 5.92 Å². The molecule has 1 aromatic heterocycles. The second-order valence-electron chi connectivity index (χ2n) is 5.08. The third-order valence-corrected chi connectivity index (χ3v) is 3.44. The summed E-state index contributed by atoms with van der Waals surface area (Å²) in [5, 5.41) is 12.7. The lowest BCUT2D eigenvalue weighted by Crippen LogP contribution is -2.24. The molecule has 0 atom stereocenters. The fourth-order valence-corrected chi connectivity index (χ4v) is 2.69. The van der Waals surface area contributed by atoms with E-state index in [-0.39, 0.29) is 11.1 Å². The van der Waals surface area contributed by atoms with Crippen LogP contribution in [0.2, 0.25) is 0 Å². The molecule has 0 aliphatic heterocycles. The minimum absolute atomic E-state index is 0.0443. The molecule has 1 rings (SSSR count). The molecule has 0 aromatic carbocycles. The van der Waals surface area contributed by atoms with E-state index in [0.29, 0.717) is 18.0 Å². The van der Waals surface area contributed by atoms with Gasteiger partial charge in [-0.3, -0.25) is 4.68 Å². The Labute approximate surface area is 109 Å². The Hall–Kier alpha value is -0.920. The van der Waals surface area contributed by atoms with Crippen molar-refractivity contribution in [2.75, 3.05) is 6.54 Å². The molecule has 0 aliphatic carbocycles. The van der Waals surface area contributed by atoms with E-state index in [4.69, 9.17) is 5.14 Å². The molecule has 0 aliphatic rings. The summed E-state index contributed by atoms with van der Waals surface area (Å²) in [6.07, 6.45) is 1.56. The van der Waals surface area contributed by atoms with Gasteiger partial charge in [0, 0.05) is 18.2 Å². The van der Waals surface area contributed by atoms with Crippen molar-refractivity contribution in [1.82, 2.24) is 15.1 Å². The average molecular weight is 274 g/mol. The number of nitrogens with zero attached hydrogens (tertiary/aromatic N) is 2. The van der Waals surface area contributed by atoms with Crippen molar-refractivity contribution in [1.29, 1.82) is 0 Å². The summed E-state index contributed by atoms with van der Waals surface area (Å²) in [7, 11) is -3.76. The molecule has 18 heavy (non-hydrogen) atoms. The van der Waals surface area contributed by atoms with Gasteiger partial charge in [0.05, 0.1) is 6.20 Å². The molecule has 0 fully saturated rings. The highest BCUT2D eigenvalue weighted by atomic mass is 32.2. The molecule has 104 valence electrons. The van der Waals surface area contributed by atoms with E-state index in [2.05, 4.69) is 24.3 Å². The predicted molar refractivity (Wildman–Crippen MR) is 70.5 cm³/mol. The molecule has 0 radical (unpaired) electrons. The maximum Gasteiger partial charge on any atom is 0.255 e. The van der Waals surface area contributed by atoms with E-state index in [1.807, 2.05) is 13.8 Å². The van der Waals surface area contributed by atoms with Gasteiger partial charge < -0.3 is 5.32 Å². The topological polar surface area (TPSA) is 90.0 Å². The number of hydrogen-bond acceptors (Lipinski definition) is 4. The molecule has 6 nitrogen and oxygen atoms in total. The Morgan fingerprint density at radius 3 is 2.44 bits per heavy atom. The lowest BCUT2D eigenvalue weighted by atomic mass is 10.2. The third-order valence-electron chi connectivity index (χ3n) is 2.45. The van der Waals surface area contributed by atoms with Gasteiger partial charge in [-0.1, -0.05) is 13.8 Å². The van der Waals surface area contributed by atoms with Crippen LogP contribution in [0.25, 0.3) is 0 Å². The monoisotopic (exact) mass is 274 g/mol. The average Bonchev–Trinajstić information content (AvgIpc) is 2.60. The highest BCUT2D eigenvalue weighted by Crippen LogP contribution is 2.18. The summed E-state index contributed by atoms with van der Waals surface area (Å²) in [6.45, 7) is 9.18. The smallest absolute Gasteiger partial charge is 0.255 e. The predicted octanol–water partition coefficient (Wildman–Crippen LogP) is 0.857. The number of rotatable bonds is 6. The number of primary sulfonamides is 1. The van der Waals surface area contributed by atoms with Crippen LogP contribution in [-0.2, 0) is 16.6 Å². The van der Waals surface area contributed by atoms with E-state index in [1.54, 1.807) is 6.20 Å². The van der Waals surface area contributed by atoms with Gasteiger partial charge in [-0.2, -0.15) is 5.10 Å². The zero-order valence-electron chi connectivity index (χ0n) is 11.3. The van der Waals surface area contributed by atoms with E-state index in [9.17, 15) is 8.42 Å². The SMILES string of the molecule is CC(C)CNCc1cnn(C(C)C)c1S(N)(=O)=O. The fourth-order valence-electron chi connectivity index (χ4n) is 1.68. The van der Waals surface area contributed by atoms with Crippen LogP contribution in [0.5, 0.6) is 0 Å². The van der Waals surface area contributed by atoms with Crippen LogP contribution >= 0.6 is 0 Å². The molecule has 3 N–H and O–H groups in total. The van der Waals surface area contributed by atoms with E-state index in [1.165, 1.54) is 4.68 Å². The van der Waals surface area contributed by atoms with E-state index < -0.39 is 10.0 Å². The first kappa shape index (κ1) is 15.1. The summed E-state index contributed by atoms with van der Waals surface area (Å²) >= 11 is 0. The third kappa shape index (κ3) is 3.79. The van der Waals surface area contributed by atoms with Crippen LogP contribution < -0.4 is 10.5 Å². The molecular formula is C11H22N4O2S. The molecule has 0 unspecified atom stereocenters. The molecule has 7 heteroatoms.